The third-order valence-corrected chi connectivity index (χ3v) is 6.54. The monoisotopic (exact) mass is 467 g/mol. The number of hydrogen-bond donors (Lipinski definition) is 0. The summed E-state index contributed by atoms with van der Waals surface area (Å²) >= 11 is 0. The summed E-state index contributed by atoms with van der Waals surface area (Å²) in [6.07, 6.45) is 1.85. The van der Waals surface area contributed by atoms with Gasteiger partial charge in [-0.15, -0.1) is 0 Å². The number of anilines is 1. The van der Waals surface area contributed by atoms with Crippen LogP contribution in [0.4, 0.5) is 5.69 Å². The highest BCUT2D eigenvalue weighted by molar-refractivity contribution is 6.10. The predicted octanol–water partition coefficient (Wildman–Crippen LogP) is 6.53. The van der Waals surface area contributed by atoms with Crippen molar-refractivity contribution in [3.8, 4) is 5.75 Å². The van der Waals surface area contributed by atoms with Crippen molar-refractivity contribution < 1.29 is 13.9 Å². The van der Waals surface area contributed by atoms with Gasteiger partial charge >= 0.3 is 0 Å². The second kappa shape index (κ2) is 9.41. The second-order valence-corrected chi connectivity index (χ2v) is 9.37. The number of carbonyl (C=O) groups excluding carboxylic acids is 1. The molecule has 0 radical (unpaired) electrons. The van der Waals surface area contributed by atoms with Gasteiger partial charge in [0, 0.05) is 5.69 Å². The largest absolute Gasteiger partial charge is 0.494 e. The van der Waals surface area contributed by atoms with Crippen LogP contribution < -0.4 is 15.1 Å². The van der Waals surface area contributed by atoms with E-state index in [0.717, 1.165) is 29.8 Å². The molecule has 0 spiro atoms. The van der Waals surface area contributed by atoms with E-state index < -0.39 is 6.04 Å². The van der Waals surface area contributed by atoms with Gasteiger partial charge in [-0.05, 0) is 66.3 Å². The Kier molecular flexibility index (Phi) is 6.16. The van der Waals surface area contributed by atoms with Crippen LogP contribution in [0.15, 0.2) is 82.0 Å². The van der Waals surface area contributed by atoms with E-state index in [1.807, 2.05) is 54.6 Å². The number of rotatable bonds is 7. The highest BCUT2D eigenvalue weighted by atomic mass is 16.5. The zero-order valence-corrected chi connectivity index (χ0v) is 20.3. The van der Waals surface area contributed by atoms with Crippen LogP contribution in [-0.2, 0) is 6.42 Å². The molecule has 4 aromatic rings. The first-order chi connectivity index (χ1) is 17.0. The van der Waals surface area contributed by atoms with Crippen LogP contribution in [0.5, 0.6) is 5.75 Å². The molecule has 5 heteroatoms. The molecule has 35 heavy (non-hydrogen) atoms. The lowest BCUT2D eigenvalue weighted by Gasteiger charge is -2.26. The molecule has 0 saturated heterocycles. The quantitative estimate of drug-likeness (QED) is 0.310. The fraction of sp³-hybridized carbons (Fsp3) is 0.267. The molecule has 3 aromatic carbocycles. The van der Waals surface area contributed by atoms with Crippen molar-refractivity contribution in [1.29, 1.82) is 0 Å². The minimum Gasteiger partial charge on any atom is -0.494 e. The molecule has 5 rings (SSSR count). The van der Waals surface area contributed by atoms with Crippen LogP contribution in [0.1, 0.15) is 60.5 Å². The number of para-hydroxylation sites is 1. The summed E-state index contributed by atoms with van der Waals surface area (Å²) < 4.78 is 12.0. The minimum atomic E-state index is -0.612. The Morgan fingerprint density at radius 3 is 2.49 bits per heavy atom. The Morgan fingerprint density at radius 1 is 0.971 bits per heavy atom. The van der Waals surface area contributed by atoms with E-state index in [1.165, 1.54) is 5.56 Å². The van der Waals surface area contributed by atoms with Crippen LogP contribution in [-0.4, -0.2) is 12.5 Å². The average Bonchev–Trinajstić information content (AvgIpc) is 3.16. The molecule has 0 bridgehead atoms. The van der Waals surface area contributed by atoms with Crippen molar-refractivity contribution in [3.63, 3.8) is 0 Å². The first-order valence-corrected chi connectivity index (χ1v) is 12.2. The molecule has 0 fully saturated rings. The summed E-state index contributed by atoms with van der Waals surface area (Å²) in [6, 6.07) is 22.0. The highest BCUT2D eigenvalue weighted by Crippen LogP contribution is 2.42. The van der Waals surface area contributed by atoms with Crippen LogP contribution in [0.25, 0.3) is 11.0 Å². The van der Waals surface area contributed by atoms with Gasteiger partial charge in [-0.3, -0.25) is 14.5 Å². The van der Waals surface area contributed by atoms with Crippen molar-refractivity contribution in [2.75, 3.05) is 11.5 Å². The normalized spacial score (nSPS) is 15.1. The van der Waals surface area contributed by atoms with Gasteiger partial charge in [0.2, 0.25) is 5.76 Å². The standard InChI is InChI=1S/C30H29NO4/c1-4-20-12-14-22(15-13-20)31-27(21-8-7-9-23(18-21)34-17-16-19(2)3)26-28(32)24-10-5-6-11-25(24)35-29(26)30(31)33/h5-15,18-19,27H,4,16-17H2,1-3H3. The van der Waals surface area contributed by atoms with Gasteiger partial charge in [0.1, 0.15) is 11.3 Å². The van der Waals surface area contributed by atoms with Gasteiger partial charge in [-0.1, -0.05) is 57.2 Å². The zero-order chi connectivity index (χ0) is 24.5. The van der Waals surface area contributed by atoms with E-state index >= 15 is 0 Å². The molecule has 0 N–H and O–H groups in total. The summed E-state index contributed by atoms with van der Waals surface area (Å²) in [6.45, 7) is 7.02. The molecule has 0 saturated carbocycles. The van der Waals surface area contributed by atoms with E-state index in [-0.39, 0.29) is 17.1 Å². The summed E-state index contributed by atoms with van der Waals surface area (Å²) in [5.41, 5.74) is 3.30. The van der Waals surface area contributed by atoms with Crippen LogP contribution in [0.2, 0.25) is 0 Å². The molecule has 2 heterocycles. The van der Waals surface area contributed by atoms with Gasteiger partial charge in [-0.2, -0.15) is 0 Å². The topological polar surface area (TPSA) is 59.8 Å². The van der Waals surface area contributed by atoms with Gasteiger partial charge in [-0.25, -0.2) is 0 Å². The third-order valence-electron chi connectivity index (χ3n) is 6.54. The summed E-state index contributed by atoms with van der Waals surface area (Å²) in [4.78, 5) is 29.1. The third kappa shape index (κ3) is 4.23. The smallest absolute Gasteiger partial charge is 0.295 e. The van der Waals surface area contributed by atoms with E-state index in [1.54, 1.807) is 23.1 Å². The maximum absolute atomic E-state index is 13.7. The van der Waals surface area contributed by atoms with Gasteiger partial charge in [0.25, 0.3) is 5.91 Å². The van der Waals surface area contributed by atoms with E-state index in [0.29, 0.717) is 29.1 Å². The number of ether oxygens (including phenoxy) is 1. The number of amides is 1. The van der Waals surface area contributed by atoms with E-state index in [2.05, 4.69) is 20.8 Å². The Bertz CT molecular complexity index is 1440. The van der Waals surface area contributed by atoms with Crippen LogP contribution in [0, 0.1) is 5.92 Å². The lowest BCUT2D eigenvalue weighted by atomic mass is 9.98. The Balaban J connectivity index is 1.66. The predicted molar refractivity (Wildman–Crippen MR) is 138 cm³/mol. The van der Waals surface area contributed by atoms with Crippen LogP contribution >= 0.6 is 0 Å². The van der Waals surface area contributed by atoms with E-state index in [9.17, 15) is 9.59 Å². The number of hydrogen-bond acceptors (Lipinski definition) is 4. The Hall–Kier alpha value is -3.86. The number of carbonyl (C=O) groups is 1. The molecular weight excluding hydrogens is 438 g/mol. The lowest BCUT2D eigenvalue weighted by Crippen LogP contribution is -2.29. The Labute approximate surface area is 205 Å². The average molecular weight is 468 g/mol. The molecule has 1 aliphatic heterocycles. The van der Waals surface area contributed by atoms with Gasteiger partial charge < -0.3 is 9.15 Å². The van der Waals surface area contributed by atoms with Crippen molar-refractivity contribution >= 4 is 22.6 Å². The molecular formula is C30H29NO4. The fourth-order valence-corrected chi connectivity index (χ4v) is 4.58. The van der Waals surface area contributed by atoms with Crippen molar-refractivity contribution in [2.45, 2.75) is 39.7 Å². The number of aryl methyl sites for hydroxylation is 1. The summed E-state index contributed by atoms with van der Waals surface area (Å²) in [7, 11) is 0. The SMILES string of the molecule is CCc1ccc(N2C(=O)c3oc4ccccc4c(=O)c3C2c2cccc(OCCC(C)C)c2)cc1. The fourth-order valence-electron chi connectivity index (χ4n) is 4.58. The molecule has 1 atom stereocenters. The maximum atomic E-state index is 13.7. The molecule has 1 unspecified atom stereocenters. The minimum absolute atomic E-state index is 0.101. The number of fused-ring (bicyclic) bond motifs is 2. The summed E-state index contributed by atoms with van der Waals surface area (Å²) in [5, 5.41) is 0.469. The molecule has 178 valence electrons. The molecule has 1 aromatic heterocycles. The number of benzene rings is 3. The number of nitrogens with zero attached hydrogens (tertiary/aromatic N) is 1. The lowest BCUT2D eigenvalue weighted by molar-refractivity contribution is 0.0971. The first-order valence-electron chi connectivity index (χ1n) is 12.2. The molecule has 5 nitrogen and oxygen atoms in total. The Morgan fingerprint density at radius 2 is 1.74 bits per heavy atom. The van der Waals surface area contributed by atoms with Crippen molar-refractivity contribution in [1.82, 2.24) is 0 Å². The highest BCUT2D eigenvalue weighted by Gasteiger charge is 2.43. The van der Waals surface area contributed by atoms with Gasteiger partial charge in [0.05, 0.1) is 23.6 Å². The van der Waals surface area contributed by atoms with Gasteiger partial charge in [0.15, 0.2) is 5.43 Å². The first kappa shape index (κ1) is 22.9. The molecule has 1 aliphatic rings. The molecule has 0 aliphatic carbocycles. The van der Waals surface area contributed by atoms with Crippen molar-refractivity contribution in [2.24, 2.45) is 5.92 Å². The van der Waals surface area contributed by atoms with E-state index in [4.69, 9.17) is 9.15 Å². The summed E-state index contributed by atoms with van der Waals surface area (Å²) in [5.74, 6) is 1.04. The van der Waals surface area contributed by atoms with Crippen molar-refractivity contribution in [3.05, 3.63) is 105 Å². The zero-order valence-electron chi connectivity index (χ0n) is 20.3. The maximum Gasteiger partial charge on any atom is 0.295 e. The second-order valence-electron chi connectivity index (χ2n) is 9.37. The van der Waals surface area contributed by atoms with Crippen LogP contribution in [0.3, 0.4) is 0 Å². The molecule has 1 amide bonds.